The van der Waals surface area contributed by atoms with E-state index in [4.69, 9.17) is 14.7 Å². The summed E-state index contributed by atoms with van der Waals surface area (Å²) < 4.78 is 5.94. The quantitative estimate of drug-likeness (QED) is 0.225. The minimum Gasteiger partial charge on any atom is -0.492 e. The molecule has 8 nitrogen and oxygen atoms in total. The lowest BCUT2D eigenvalue weighted by molar-refractivity contribution is -0.124. The lowest BCUT2D eigenvalue weighted by Gasteiger charge is -2.15. The van der Waals surface area contributed by atoms with Crippen LogP contribution in [0.5, 0.6) is 5.75 Å². The van der Waals surface area contributed by atoms with Gasteiger partial charge in [0.05, 0.1) is 10.3 Å². The molecule has 11 heteroatoms. The number of amides is 2. The van der Waals surface area contributed by atoms with Crippen molar-refractivity contribution < 1.29 is 14.3 Å². The molecule has 0 fully saturated rings. The number of fused-ring (bicyclic) bond motifs is 1. The van der Waals surface area contributed by atoms with Crippen LogP contribution in [0.2, 0.25) is 0 Å². The highest BCUT2D eigenvalue weighted by Gasteiger charge is 2.29. The second-order valence-electron chi connectivity index (χ2n) is 9.19. The number of carbonyl (C=O) groups excluding carboxylic acids is 2. The molecule has 0 spiro atoms. The molecule has 2 N–H and O–H groups in total. The number of carbonyl (C=O) groups is 2. The molecule has 0 saturated carbocycles. The van der Waals surface area contributed by atoms with Crippen LogP contribution in [0, 0.1) is 6.92 Å². The highest BCUT2D eigenvalue weighted by atomic mass is 35.5. The predicted octanol–water partition coefficient (Wildman–Crippen LogP) is 5.88. The minimum absolute atomic E-state index is 0. The highest BCUT2D eigenvalue weighted by Crippen LogP contribution is 2.42. The number of anilines is 1. The Morgan fingerprint density at radius 1 is 1.05 bits per heavy atom. The van der Waals surface area contributed by atoms with Gasteiger partial charge in [0.25, 0.3) is 11.8 Å². The number of rotatable bonds is 10. The monoisotopic (exact) mass is 583 g/mol. The van der Waals surface area contributed by atoms with Crippen LogP contribution in [0.15, 0.2) is 53.0 Å². The van der Waals surface area contributed by atoms with Crippen molar-refractivity contribution in [2.75, 3.05) is 32.1 Å². The van der Waals surface area contributed by atoms with E-state index in [0.29, 0.717) is 23.8 Å². The van der Waals surface area contributed by atoms with Crippen molar-refractivity contribution in [2.45, 2.75) is 27.2 Å². The number of nitrogens with zero attached hydrogens (tertiary/aromatic N) is 3. The molecular formula is C28H30ClN5O3S2. The van der Waals surface area contributed by atoms with Gasteiger partial charge in [0, 0.05) is 17.0 Å². The van der Waals surface area contributed by atoms with Gasteiger partial charge >= 0.3 is 0 Å². The van der Waals surface area contributed by atoms with Crippen molar-refractivity contribution in [1.29, 1.82) is 0 Å². The molecule has 0 bridgehead atoms. The summed E-state index contributed by atoms with van der Waals surface area (Å²) in [6.07, 6.45) is 1.12. The smallest absolute Gasteiger partial charge is 0.275 e. The SMILES string of the molecule is CCCN(C)CCOc1ccc(-c2sc3nc(-c4cccs4)nc(NC4=C(C)C(=O)NC4=O)c3c2C)cc1.Cl. The van der Waals surface area contributed by atoms with Crippen LogP contribution in [0.3, 0.4) is 0 Å². The molecule has 39 heavy (non-hydrogen) atoms. The summed E-state index contributed by atoms with van der Waals surface area (Å²) in [6.45, 7) is 8.40. The molecule has 2 amide bonds. The van der Waals surface area contributed by atoms with Gasteiger partial charge in [-0.15, -0.1) is 35.1 Å². The molecule has 204 valence electrons. The number of aromatic nitrogens is 2. The molecule has 0 unspecified atom stereocenters. The van der Waals surface area contributed by atoms with Crippen LogP contribution in [-0.4, -0.2) is 53.4 Å². The first-order valence-electron chi connectivity index (χ1n) is 12.5. The van der Waals surface area contributed by atoms with Crippen LogP contribution in [0.4, 0.5) is 5.82 Å². The molecule has 1 aliphatic rings. The van der Waals surface area contributed by atoms with Gasteiger partial charge in [-0.1, -0.05) is 13.0 Å². The summed E-state index contributed by atoms with van der Waals surface area (Å²) in [7, 11) is 2.10. The molecular weight excluding hydrogens is 554 g/mol. The predicted molar refractivity (Wildman–Crippen MR) is 161 cm³/mol. The van der Waals surface area contributed by atoms with Gasteiger partial charge in [-0.2, -0.15) is 0 Å². The van der Waals surface area contributed by atoms with Crippen molar-refractivity contribution in [3.05, 3.63) is 58.6 Å². The number of hydrogen-bond donors (Lipinski definition) is 2. The Kier molecular flexibility index (Phi) is 9.01. The van der Waals surface area contributed by atoms with Gasteiger partial charge in [0.15, 0.2) is 5.82 Å². The second kappa shape index (κ2) is 12.3. The average Bonchev–Trinajstić information content (AvgIpc) is 3.61. The maximum absolute atomic E-state index is 12.4. The summed E-state index contributed by atoms with van der Waals surface area (Å²) in [5, 5.41) is 8.30. The van der Waals surface area contributed by atoms with Crippen molar-refractivity contribution >= 4 is 62.9 Å². The molecule has 4 heterocycles. The Balaban J connectivity index is 0.00000353. The summed E-state index contributed by atoms with van der Waals surface area (Å²) in [6, 6.07) is 12.0. The Morgan fingerprint density at radius 3 is 2.46 bits per heavy atom. The van der Waals surface area contributed by atoms with Gasteiger partial charge in [0.1, 0.15) is 28.7 Å². The van der Waals surface area contributed by atoms with Crippen LogP contribution >= 0.6 is 35.1 Å². The molecule has 4 aromatic rings. The Bertz CT molecular complexity index is 1530. The maximum atomic E-state index is 12.4. The first kappa shape index (κ1) is 28.7. The molecule has 0 saturated heterocycles. The normalized spacial score (nSPS) is 13.3. The first-order chi connectivity index (χ1) is 18.4. The standard InChI is InChI=1S/C28H29N5O3S2.ClH/c1-5-12-33(4)13-14-36-19-10-8-18(9-11-19)23-16(2)21-25(29-22-17(3)26(34)32-27(22)35)30-24(31-28(21)38-23)20-7-6-15-37-20;/h6-11,15H,5,12-14H2,1-4H3,(H2,29,30,31,32,34,35);1H. The number of nitrogens with one attached hydrogen (secondary N) is 2. The fourth-order valence-electron chi connectivity index (χ4n) is 4.35. The molecule has 3 aromatic heterocycles. The number of likely N-dealkylation sites (N-methyl/N-ethyl adjacent to an activating group) is 1. The summed E-state index contributed by atoms with van der Waals surface area (Å²) in [4.78, 5) is 39.2. The number of thiophene rings is 2. The van der Waals surface area contributed by atoms with Crippen LogP contribution in [0.1, 0.15) is 25.8 Å². The lowest BCUT2D eigenvalue weighted by atomic mass is 10.1. The first-order valence-corrected chi connectivity index (χ1v) is 14.2. The summed E-state index contributed by atoms with van der Waals surface area (Å²) >= 11 is 3.12. The zero-order chi connectivity index (χ0) is 26.8. The summed E-state index contributed by atoms with van der Waals surface area (Å²) in [5.74, 6) is 1.06. The number of hydrogen-bond acceptors (Lipinski definition) is 9. The van der Waals surface area contributed by atoms with E-state index in [1.165, 1.54) is 0 Å². The number of imide groups is 1. The zero-order valence-corrected chi connectivity index (χ0v) is 24.6. The maximum Gasteiger partial charge on any atom is 0.275 e. The topological polar surface area (TPSA) is 96.4 Å². The molecule has 0 radical (unpaired) electrons. The van der Waals surface area contributed by atoms with E-state index in [1.54, 1.807) is 29.6 Å². The van der Waals surface area contributed by atoms with E-state index in [9.17, 15) is 9.59 Å². The van der Waals surface area contributed by atoms with Gasteiger partial charge < -0.3 is 15.0 Å². The van der Waals surface area contributed by atoms with Crippen molar-refractivity contribution in [3.8, 4) is 26.9 Å². The Hall–Kier alpha value is -3.31. The molecule has 0 atom stereocenters. The highest BCUT2D eigenvalue weighted by molar-refractivity contribution is 7.22. The van der Waals surface area contributed by atoms with Gasteiger partial charge in [0.2, 0.25) is 0 Å². The van der Waals surface area contributed by atoms with Crippen LogP contribution < -0.4 is 15.4 Å². The second-order valence-corrected chi connectivity index (χ2v) is 11.1. The van der Waals surface area contributed by atoms with E-state index in [0.717, 1.165) is 56.4 Å². The van der Waals surface area contributed by atoms with Gasteiger partial charge in [-0.3, -0.25) is 14.9 Å². The van der Waals surface area contributed by atoms with Gasteiger partial charge in [-0.05, 0) is 80.7 Å². The fourth-order valence-corrected chi connectivity index (χ4v) is 6.19. The third-order valence-electron chi connectivity index (χ3n) is 6.41. The number of halogens is 1. The van der Waals surface area contributed by atoms with E-state index in [-0.39, 0.29) is 18.1 Å². The summed E-state index contributed by atoms with van der Waals surface area (Å²) in [5.41, 5.74) is 2.60. The van der Waals surface area contributed by atoms with Crippen LogP contribution in [0.25, 0.3) is 31.4 Å². The largest absolute Gasteiger partial charge is 0.492 e. The Morgan fingerprint density at radius 2 is 1.82 bits per heavy atom. The molecule has 1 aliphatic heterocycles. The fraction of sp³-hybridized carbons (Fsp3) is 0.286. The average molecular weight is 584 g/mol. The third kappa shape index (κ3) is 5.99. The van der Waals surface area contributed by atoms with Crippen molar-refractivity contribution in [2.24, 2.45) is 0 Å². The van der Waals surface area contributed by atoms with Crippen molar-refractivity contribution in [1.82, 2.24) is 20.2 Å². The molecule has 1 aromatic carbocycles. The Labute approximate surface area is 241 Å². The minimum atomic E-state index is -0.457. The number of ether oxygens (including phenoxy) is 1. The third-order valence-corrected chi connectivity index (χ3v) is 8.51. The van der Waals surface area contributed by atoms with E-state index < -0.39 is 11.8 Å². The molecule has 5 rings (SSSR count). The van der Waals surface area contributed by atoms with E-state index in [2.05, 4.69) is 41.6 Å². The lowest BCUT2D eigenvalue weighted by Crippen LogP contribution is -2.24. The van der Waals surface area contributed by atoms with E-state index >= 15 is 0 Å². The van der Waals surface area contributed by atoms with Crippen molar-refractivity contribution in [3.63, 3.8) is 0 Å². The zero-order valence-electron chi connectivity index (χ0n) is 22.2. The molecule has 0 aliphatic carbocycles. The number of aryl methyl sites for hydroxylation is 1. The van der Waals surface area contributed by atoms with Crippen LogP contribution in [-0.2, 0) is 9.59 Å². The number of benzene rings is 1. The van der Waals surface area contributed by atoms with Gasteiger partial charge in [-0.25, -0.2) is 9.97 Å². The van der Waals surface area contributed by atoms with E-state index in [1.807, 2.05) is 36.6 Å².